The molecule has 0 radical (unpaired) electrons. The second-order valence-electron chi connectivity index (χ2n) is 5.84. The van der Waals surface area contributed by atoms with E-state index in [1.54, 1.807) is 0 Å². The maximum Gasteiger partial charge on any atom is 0.143 e. The minimum absolute atomic E-state index is 0.429. The van der Waals surface area contributed by atoms with E-state index < -0.39 is 0 Å². The first-order valence-electron chi connectivity index (χ1n) is 7.34. The predicted octanol–water partition coefficient (Wildman–Crippen LogP) is 4.96. The molecule has 21 heavy (non-hydrogen) atoms. The summed E-state index contributed by atoms with van der Waals surface area (Å²) in [5.41, 5.74) is 4.84. The van der Waals surface area contributed by atoms with Crippen molar-refractivity contribution in [2.75, 3.05) is 25.1 Å². The van der Waals surface area contributed by atoms with Crippen LogP contribution in [0.3, 0.4) is 0 Å². The van der Waals surface area contributed by atoms with Gasteiger partial charge in [0, 0.05) is 12.1 Å². The van der Waals surface area contributed by atoms with Crippen molar-refractivity contribution in [1.82, 2.24) is 0 Å². The first kappa shape index (κ1) is 14.3. The van der Waals surface area contributed by atoms with E-state index >= 15 is 0 Å². The van der Waals surface area contributed by atoms with E-state index in [0.29, 0.717) is 5.92 Å². The van der Waals surface area contributed by atoms with E-state index in [4.69, 9.17) is 16.3 Å². The SMILES string of the molecule is CC(C)c1cc(Cl)ccc1-c1ccc2c(c1)OCCN2C. The van der Waals surface area contributed by atoms with Crippen molar-refractivity contribution in [2.45, 2.75) is 19.8 Å². The van der Waals surface area contributed by atoms with Crippen molar-refractivity contribution in [3.05, 3.63) is 47.0 Å². The Morgan fingerprint density at radius 1 is 1.14 bits per heavy atom. The Labute approximate surface area is 131 Å². The third-order valence-electron chi connectivity index (χ3n) is 4.00. The number of ether oxygens (including phenoxy) is 1. The van der Waals surface area contributed by atoms with E-state index in [9.17, 15) is 0 Å². The minimum atomic E-state index is 0.429. The highest BCUT2D eigenvalue weighted by molar-refractivity contribution is 6.30. The summed E-state index contributed by atoms with van der Waals surface area (Å²) in [7, 11) is 2.10. The van der Waals surface area contributed by atoms with Gasteiger partial charge in [-0.3, -0.25) is 0 Å². The van der Waals surface area contributed by atoms with Crippen LogP contribution in [0.2, 0.25) is 5.02 Å². The quantitative estimate of drug-likeness (QED) is 0.777. The lowest BCUT2D eigenvalue weighted by molar-refractivity contribution is 0.311. The summed E-state index contributed by atoms with van der Waals surface area (Å²) in [6, 6.07) is 12.6. The normalized spacial score (nSPS) is 14.0. The van der Waals surface area contributed by atoms with Crippen molar-refractivity contribution in [1.29, 1.82) is 0 Å². The van der Waals surface area contributed by atoms with Crippen LogP contribution in [0.15, 0.2) is 36.4 Å². The topological polar surface area (TPSA) is 12.5 Å². The van der Waals surface area contributed by atoms with Gasteiger partial charge in [0.1, 0.15) is 12.4 Å². The molecule has 2 aromatic carbocycles. The van der Waals surface area contributed by atoms with Gasteiger partial charge in [-0.25, -0.2) is 0 Å². The van der Waals surface area contributed by atoms with E-state index in [1.165, 1.54) is 16.7 Å². The van der Waals surface area contributed by atoms with E-state index in [-0.39, 0.29) is 0 Å². The van der Waals surface area contributed by atoms with Crippen molar-refractivity contribution < 1.29 is 4.74 Å². The van der Waals surface area contributed by atoms with Crippen molar-refractivity contribution in [3.63, 3.8) is 0 Å². The molecule has 0 spiro atoms. The van der Waals surface area contributed by atoms with Gasteiger partial charge >= 0.3 is 0 Å². The fourth-order valence-corrected chi connectivity index (χ4v) is 2.98. The molecule has 0 unspecified atom stereocenters. The van der Waals surface area contributed by atoms with Crippen LogP contribution in [0.25, 0.3) is 11.1 Å². The number of likely N-dealkylation sites (N-methyl/N-ethyl adjacent to an activating group) is 1. The van der Waals surface area contributed by atoms with Gasteiger partial charge in [0.15, 0.2) is 0 Å². The zero-order chi connectivity index (χ0) is 15.0. The Bertz CT molecular complexity index is 666. The molecule has 0 atom stereocenters. The van der Waals surface area contributed by atoms with Gasteiger partial charge in [0.25, 0.3) is 0 Å². The monoisotopic (exact) mass is 301 g/mol. The first-order valence-corrected chi connectivity index (χ1v) is 7.72. The first-order chi connectivity index (χ1) is 10.1. The van der Waals surface area contributed by atoms with Gasteiger partial charge in [-0.2, -0.15) is 0 Å². The summed E-state index contributed by atoms with van der Waals surface area (Å²) in [4.78, 5) is 2.23. The van der Waals surface area contributed by atoms with E-state index in [1.807, 2.05) is 6.07 Å². The zero-order valence-corrected chi connectivity index (χ0v) is 13.4. The fourth-order valence-electron chi connectivity index (χ4n) is 2.80. The number of halogens is 1. The molecule has 0 amide bonds. The summed E-state index contributed by atoms with van der Waals surface area (Å²) in [5.74, 6) is 1.39. The van der Waals surface area contributed by atoms with Crippen LogP contribution in [0.1, 0.15) is 25.3 Å². The van der Waals surface area contributed by atoms with Gasteiger partial charge in [0.05, 0.1) is 12.2 Å². The Morgan fingerprint density at radius 2 is 1.95 bits per heavy atom. The second-order valence-corrected chi connectivity index (χ2v) is 6.28. The van der Waals surface area contributed by atoms with Crippen LogP contribution in [-0.2, 0) is 0 Å². The summed E-state index contributed by atoms with van der Waals surface area (Å²) >= 11 is 6.15. The molecule has 110 valence electrons. The Kier molecular flexibility index (Phi) is 3.81. The van der Waals surface area contributed by atoms with Crippen molar-refractivity contribution in [3.8, 4) is 16.9 Å². The smallest absolute Gasteiger partial charge is 0.143 e. The Balaban J connectivity index is 2.09. The molecule has 0 N–H and O–H groups in total. The van der Waals surface area contributed by atoms with Crippen LogP contribution in [0.5, 0.6) is 5.75 Å². The Morgan fingerprint density at radius 3 is 2.71 bits per heavy atom. The van der Waals surface area contributed by atoms with Crippen LogP contribution in [0.4, 0.5) is 5.69 Å². The average molecular weight is 302 g/mol. The van der Waals surface area contributed by atoms with Crippen molar-refractivity contribution in [2.24, 2.45) is 0 Å². The van der Waals surface area contributed by atoms with E-state index in [0.717, 1.165) is 29.6 Å². The van der Waals surface area contributed by atoms with Gasteiger partial charge in [-0.15, -0.1) is 0 Å². The van der Waals surface area contributed by atoms with Gasteiger partial charge < -0.3 is 9.64 Å². The van der Waals surface area contributed by atoms with Crippen LogP contribution >= 0.6 is 11.6 Å². The maximum atomic E-state index is 6.15. The molecule has 0 saturated heterocycles. The number of fused-ring (bicyclic) bond motifs is 1. The van der Waals surface area contributed by atoms with Crippen LogP contribution in [0, 0.1) is 0 Å². The number of nitrogens with zero attached hydrogens (tertiary/aromatic N) is 1. The molecule has 2 nitrogen and oxygen atoms in total. The third-order valence-corrected chi connectivity index (χ3v) is 4.24. The molecule has 0 aromatic heterocycles. The standard InChI is InChI=1S/C18H20ClNO/c1-12(2)16-11-14(19)5-6-15(16)13-4-7-17-18(10-13)21-9-8-20(17)3/h4-7,10-12H,8-9H2,1-3H3. The zero-order valence-electron chi connectivity index (χ0n) is 12.7. The molecule has 0 bridgehead atoms. The molecular formula is C18H20ClNO. The molecule has 0 fully saturated rings. The summed E-state index contributed by atoms with van der Waals surface area (Å²) in [6.45, 7) is 6.06. The van der Waals surface area contributed by atoms with Crippen LogP contribution < -0.4 is 9.64 Å². The van der Waals surface area contributed by atoms with Crippen LogP contribution in [-0.4, -0.2) is 20.2 Å². The number of hydrogen-bond acceptors (Lipinski definition) is 2. The fraction of sp³-hybridized carbons (Fsp3) is 0.333. The largest absolute Gasteiger partial charge is 0.490 e. The van der Waals surface area contributed by atoms with Gasteiger partial charge in [-0.1, -0.05) is 37.6 Å². The molecule has 2 aromatic rings. The highest BCUT2D eigenvalue weighted by Crippen LogP contribution is 2.38. The number of hydrogen-bond donors (Lipinski definition) is 0. The van der Waals surface area contributed by atoms with Crippen molar-refractivity contribution >= 4 is 17.3 Å². The lowest BCUT2D eigenvalue weighted by atomic mass is 9.92. The highest BCUT2D eigenvalue weighted by Gasteiger charge is 2.17. The summed E-state index contributed by atoms with van der Waals surface area (Å²) < 4.78 is 5.81. The third kappa shape index (κ3) is 2.73. The minimum Gasteiger partial charge on any atom is -0.490 e. The molecule has 1 aliphatic heterocycles. The van der Waals surface area contributed by atoms with E-state index in [2.05, 4.69) is 56.1 Å². The molecule has 3 rings (SSSR count). The number of anilines is 1. The summed E-state index contributed by atoms with van der Waals surface area (Å²) in [5, 5.41) is 0.788. The lowest BCUT2D eigenvalue weighted by Crippen LogP contribution is -2.28. The average Bonchev–Trinajstić information content (AvgIpc) is 2.47. The molecule has 1 heterocycles. The lowest BCUT2D eigenvalue weighted by Gasteiger charge is -2.28. The Hall–Kier alpha value is -1.67. The number of benzene rings is 2. The second kappa shape index (κ2) is 5.61. The predicted molar refractivity (Wildman–Crippen MR) is 89.7 cm³/mol. The highest BCUT2D eigenvalue weighted by atomic mass is 35.5. The molecule has 1 aliphatic rings. The summed E-state index contributed by atoms with van der Waals surface area (Å²) in [6.07, 6.45) is 0. The maximum absolute atomic E-state index is 6.15. The van der Waals surface area contributed by atoms with Gasteiger partial charge in [-0.05, 0) is 46.9 Å². The molecule has 0 aliphatic carbocycles. The molecular weight excluding hydrogens is 282 g/mol. The molecule has 3 heteroatoms. The van der Waals surface area contributed by atoms with Gasteiger partial charge in [0.2, 0.25) is 0 Å². The molecule has 0 saturated carbocycles. The number of rotatable bonds is 2.